The Morgan fingerprint density at radius 3 is 2.53 bits per heavy atom. The molecule has 0 bridgehead atoms. The van der Waals surface area contributed by atoms with Gasteiger partial charge >= 0.3 is 6.18 Å². The molecule has 0 unspecified atom stereocenters. The molecule has 12 heteroatoms. The molecule has 1 aromatic heterocycles. The molecule has 30 heavy (non-hydrogen) atoms. The first-order valence-corrected chi connectivity index (χ1v) is 8.94. The minimum atomic E-state index is -4.72. The van der Waals surface area contributed by atoms with Gasteiger partial charge in [-0.15, -0.1) is 0 Å². The quantitative estimate of drug-likeness (QED) is 0.742. The molecule has 2 aliphatic heterocycles. The lowest BCUT2D eigenvalue weighted by molar-refractivity contribution is -0.255. The third kappa shape index (κ3) is 3.52. The minimum absolute atomic E-state index is 0.00942. The molecule has 4 rings (SSSR count). The number of rotatable bonds is 3. The van der Waals surface area contributed by atoms with Gasteiger partial charge in [0.2, 0.25) is 10.2 Å². The van der Waals surface area contributed by atoms with Crippen molar-refractivity contribution in [3.63, 3.8) is 0 Å². The summed E-state index contributed by atoms with van der Waals surface area (Å²) in [5, 5.41) is 21.3. The summed E-state index contributed by atoms with van der Waals surface area (Å²) in [7, 11) is 0. The van der Waals surface area contributed by atoms with Crippen molar-refractivity contribution in [2.75, 3.05) is 0 Å². The first-order chi connectivity index (χ1) is 14.1. The fraction of sp³-hybridized carbons (Fsp3) is 0.0556. The van der Waals surface area contributed by atoms with E-state index < -0.39 is 28.9 Å². The van der Waals surface area contributed by atoms with Gasteiger partial charge in [-0.2, -0.15) is 28.3 Å². The van der Waals surface area contributed by atoms with Crippen LogP contribution in [0.2, 0.25) is 0 Å². The summed E-state index contributed by atoms with van der Waals surface area (Å²) < 4.78 is 44.1. The number of thioether (sulfide) groups is 1. The molecule has 152 valence electrons. The molecule has 2 aromatic rings. The number of carboxylic acid groups (broad SMARTS) is 1. The monoisotopic (exact) mass is 433 g/mol. The van der Waals surface area contributed by atoms with Crippen LogP contribution >= 0.6 is 11.8 Å². The second-order valence-electron chi connectivity index (χ2n) is 5.99. The molecule has 0 saturated heterocycles. The summed E-state index contributed by atoms with van der Waals surface area (Å²) in [6.07, 6.45) is -3.55. The van der Waals surface area contributed by atoms with Crippen LogP contribution in [0.15, 0.2) is 56.5 Å². The number of carbonyl (C=O) groups excluding carboxylic acids is 2. The number of fused-ring (bicyclic) bond motifs is 1. The Balaban J connectivity index is 1.62. The third-order valence-electron chi connectivity index (χ3n) is 4.02. The van der Waals surface area contributed by atoms with Crippen LogP contribution in [-0.2, 0) is 4.79 Å². The van der Waals surface area contributed by atoms with Gasteiger partial charge in [-0.05, 0) is 35.5 Å². The van der Waals surface area contributed by atoms with E-state index in [-0.39, 0.29) is 33.8 Å². The summed E-state index contributed by atoms with van der Waals surface area (Å²) in [6.45, 7) is 0. The molecule has 1 aromatic carbocycles. The second-order valence-corrected chi connectivity index (χ2v) is 6.95. The Morgan fingerprint density at radius 1 is 1.20 bits per heavy atom. The number of alkyl halides is 3. The minimum Gasteiger partial charge on any atom is -0.545 e. The summed E-state index contributed by atoms with van der Waals surface area (Å²) in [4.78, 5) is 26.6. The van der Waals surface area contributed by atoms with Crippen LogP contribution in [0.3, 0.4) is 0 Å². The number of nitrogens with zero attached hydrogens (tertiary/aromatic N) is 3. The van der Waals surface area contributed by atoms with Gasteiger partial charge in [0.1, 0.15) is 11.5 Å². The van der Waals surface area contributed by atoms with E-state index in [0.717, 1.165) is 0 Å². The van der Waals surface area contributed by atoms with Crippen LogP contribution in [0.4, 0.5) is 13.2 Å². The molecule has 0 aliphatic carbocycles. The highest BCUT2D eigenvalue weighted by molar-refractivity contribution is 8.27. The van der Waals surface area contributed by atoms with E-state index in [0.29, 0.717) is 16.3 Å². The number of furan rings is 1. The molecule has 1 amide bonds. The molecular weight excluding hydrogens is 425 g/mol. The highest BCUT2D eigenvalue weighted by Crippen LogP contribution is 2.35. The van der Waals surface area contributed by atoms with Crippen LogP contribution in [-0.4, -0.2) is 39.1 Å². The standard InChI is InChI=1S/C18H9F3N4O4S/c19-18(20,21)16-24-25-13(22)11(14(26)23-17(25)30-16)7-10-5-6-12(29-10)8-1-3-9(4-2-8)15(27)28/h1-7,22H,(H,27,28)/p-1/b11-7-,22-13?. The first kappa shape index (κ1) is 19.6. The maximum absolute atomic E-state index is 12.8. The molecule has 0 saturated carbocycles. The second kappa shape index (κ2) is 6.99. The summed E-state index contributed by atoms with van der Waals surface area (Å²) in [6, 6.07) is 8.71. The number of nitrogens with one attached hydrogen (secondary N) is 1. The van der Waals surface area contributed by atoms with E-state index in [2.05, 4.69) is 10.1 Å². The van der Waals surface area contributed by atoms with Gasteiger partial charge in [0.25, 0.3) is 5.91 Å². The molecular formula is C18H8F3N4O4S-. The number of amidine groups is 2. The highest BCUT2D eigenvalue weighted by Gasteiger charge is 2.46. The highest BCUT2D eigenvalue weighted by atomic mass is 32.2. The van der Waals surface area contributed by atoms with Gasteiger partial charge in [0.05, 0.1) is 11.5 Å². The maximum atomic E-state index is 12.8. The fourth-order valence-electron chi connectivity index (χ4n) is 2.61. The van der Waals surface area contributed by atoms with E-state index in [9.17, 15) is 27.9 Å². The number of halogens is 3. The fourth-order valence-corrected chi connectivity index (χ4v) is 3.36. The largest absolute Gasteiger partial charge is 0.545 e. The zero-order valence-corrected chi connectivity index (χ0v) is 15.4. The molecule has 3 heterocycles. The summed E-state index contributed by atoms with van der Waals surface area (Å²) in [5.74, 6) is -2.29. The van der Waals surface area contributed by atoms with Gasteiger partial charge in [0.15, 0.2) is 5.84 Å². The van der Waals surface area contributed by atoms with Crippen LogP contribution in [0.1, 0.15) is 16.1 Å². The Kier molecular flexibility index (Phi) is 4.57. The molecule has 8 nitrogen and oxygen atoms in total. The maximum Gasteiger partial charge on any atom is 0.441 e. The number of aromatic carboxylic acids is 1. The van der Waals surface area contributed by atoms with Gasteiger partial charge in [-0.1, -0.05) is 24.3 Å². The van der Waals surface area contributed by atoms with Gasteiger partial charge < -0.3 is 14.3 Å². The Labute approximate surface area is 169 Å². The molecule has 0 radical (unpaired) electrons. The van der Waals surface area contributed by atoms with Crippen molar-refractivity contribution in [3.05, 3.63) is 53.3 Å². The third-order valence-corrected chi connectivity index (χ3v) is 4.97. The molecule has 1 N–H and O–H groups in total. The van der Waals surface area contributed by atoms with Crippen LogP contribution in [0.5, 0.6) is 0 Å². The number of hydrogen-bond acceptors (Lipinski definition) is 7. The lowest BCUT2D eigenvalue weighted by Crippen LogP contribution is -2.35. The summed E-state index contributed by atoms with van der Waals surface area (Å²) in [5.41, 5.74) is 0.245. The lowest BCUT2D eigenvalue weighted by atomic mass is 10.1. The molecule has 2 aliphatic rings. The number of aliphatic imine (C=N–C) groups is 1. The normalized spacial score (nSPS) is 17.8. The zero-order valence-electron chi connectivity index (χ0n) is 14.6. The molecule has 0 atom stereocenters. The average Bonchev–Trinajstić information content (AvgIpc) is 3.32. The van der Waals surface area contributed by atoms with Crippen molar-refractivity contribution < 1.29 is 32.3 Å². The van der Waals surface area contributed by atoms with Crippen molar-refractivity contribution in [2.24, 2.45) is 10.1 Å². The SMILES string of the molecule is N=C1/C(=C/c2ccc(-c3ccc(C(=O)[O-])cc3)o2)C(=O)N=C2SC(C(F)(F)F)=NN12. The van der Waals surface area contributed by atoms with Crippen molar-refractivity contribution in [3.8, 4) is 11.3 Å². The van der Waals surface area contributed by atoms with E-state index >= 15 is 0 Å². The van der Waals surface area contributed by atoms with E-state index in [4.69, 9.17) is 9.83 Å². The topological polar surface area (TPSA) is 122 Å². The van der Waals surface area contributed by atoms with Gasteiger partial charge in [-0.3, -0.25) is 10.2 Å². The number of benzene rings is 1. The Morgan fingerprint density at radius 2 is 1.90 bits per heavy atom. The van der Waals surface area contributed by atoms with Crippen LogP contribution in [0.25, 0.3) is 17.4 Å². The van der Waals surface area contributed by atoms with E-state index in [1.54, 1.807) is 6.07 Å². The predicted octanol–water partition coefficient (Wildman–Crippen LogP) is 2.49. The van der Waals surface area contributed by atoms with E-state index in [1.807, 2.05) is 0 Å². The van der Waals surface area contributed by atoms with Gasteiger partial charge in [0, 0.05) is 5.56 Å². The van der Waals surface area contributed by atoms with E-state index in [1.165, 1.54) is 36.4 Å². The first-order valence-electron chi connectivity index (χ1n) is 8.12. The molecule has 0 spiro atoms. The van der Waals surface area contributed by atoms with Crippen molar-refractivity contribution >= 4 is 45.8 Å². The van der Waals surface area contributed by atoms with Crippen molar-refractivity contribution in [1.82, 2.24) is 5.01 Å². The summed E-state index contributed by atoms with van der Waals surface area (Å²) >= 11 is 0.164. The predicted molar refractivity (Wildman–Crippen MR) is 99.5 cm³/mol. The lowest BCUT2D eigenvalue weighted by Gasteiger charge is -2.19. The van der Waals surface area contributed by atoms with Gasteiger partial charge in [-0.25, -0.2) is 0 Å². The number of hydrogen-bond donors (Lipinski definition) is 1. The van der Waals surface area contributed by atoms with Crippen molar-refractivity contribution in [2.45, 2.75) is 6.18 Å². The zero-order chi connectivity index (χ0) is 21.6. The van der Waals surface area contributed by atoms with Crippen molar-refractivity contribution in [1.29, 1.82) is 5.41 Å². The Hall–Kier alpha value is -3.67. The van der Waals surface area contributed by atoms with Crippen LogP contribution < -0.4 is 5.11 Å². The number of carbonyl (C=O) groups is 2. The number of hydrazone groups is 1. The molecule has 0 fully saturated rings. The number of carboxylic acids is 1. The van der Waals surface area contributed by atoms with Crippen LogP contribution in [0, 0.1) is 5.41 Å². The average molecular weight is 433 g/mol. The smallest absolute Gasteiger partial charge is 0.441 e. The Bertz CT molecular complexity index is 1180. The number of amides is 1.